The Morgan fingerprint density at radius 2 is 2.14 bits per heavy atom. The van der Waals surface area contributed by atoms with Crippen LogP contribution in [0.15, 0.2) is 30.6 Å². The molecule has 8 heteroatoms. The van der Waals surface area contributed by atoms with E-state index in [0.29, 0.717) is 18.1 Å². The van der Waals surface area contributed by atoms with E-state index in [1.165, 1.54) is 4.68 Å². The maximum atomic E-state index is 11.8. The van der Waals surface area contributed by atoms with E-state index in [0.717, 1.165) is 5.56 Å². The third-order valence-corrected chi connectivity index (χ3v) is 2.86. The van der Waals surface area contributed by atoms with Crippen LogP contribution in [0.5, 0.6) is 0 Å². The van der Waals surface area contributed by atoms with Gasteiger partial charge < -0.3 is 10.4 Å². The molecule has 22 heavy (non-hydrogen) atoms. The summed E-state index contributed by atoms with van der Waals surface area (Å²) in [6.45, 7) is 2.23. The summed E-state index contributed by atoms with van der Waals surface area (Å²) >= 11 is 0. The molecule has 0 spiro atoms. The summed E-state index contributed by atoms with van der Waals surface area (Å²) in [6.07, 6.45) is 3.62. The van der Waals surface area contributed by atoms with Gasteiger partial charge in [-0.15, -0.1) is 0 Å². The summed E-state index contributed by atoms with van der Waals surface area (Å²) in [4.78, 5) is 26.4. The summed E-state index contributed by atoms with van der Waals surface area (Å²) < 4.78 is 1.52. The van der Waals surface area contributed by atoms with Crippen LogP contribution in [0.3, 0.4) is 0 Å². The lowest BCUT2D eigenvalue weighted by Crippen LogP contribution is -2.30. The van der Waals surface area contributed by atoms with Crippen molar-refractivity contribution in [1.29, 1.82) is 0 Å². The Bertz CT molecular complexity index is 668. The van der Waals surface area contributed by atoms with Crippen molar-refractivity contribution >= 4 is 17.8 Å². The number of aryl methyl sites for hydroxylation is 1. The summed E-state index contributed by atoms with van der Waals surface area (Å²) in [6, 6.07) is 4.96. The SMILES string of the molecule is Cc1ccnc(-n2nccc2NC(=O)NCCCC(=O)O)c1. The third kappa shape index (κ3) is 4.30. The molecule has 0 bridgehead atoms. The Kier molecular flexibility index (Phi) is 5.07. The normalized spacial score (nSPS) is 10.2. The molecular formula is C14H17N5O3. The Morgan fingerprint density at radius 1 is 1.32 bits per heavy atom. The van der Waals surface area contributed by atoms with Crippen molar-refractivity contribution in [3.05, 3.63) is 36.2 Å². The smallest absolute Gasteiger partial charge is 0.320 e. The van der Waals surface area contributed by atoms with E-state index >= 15 is 0 Å². The van der Waals surface area contributed by atoms with Crippen LogP contribution >= 0.6 is 0 Å². The predicted octanol–water partition coefficient (Wildman–Crippen LogP) is 1.56. The number of carboxylic acids is 1. The highest BCUT2D eigenvalue weighted by Gasteiger charge is 2.09. The second-order valence-corrected chi connectivity index (χ2v) is 4.70. The Labute approximate surface area is 127 Å². The minimum atomic E-state index is -0.884. The highest BCUT2D eigenvalue weighted by Crippen LogP contribution is 2.13. The van der Waals surface area contributed by atoms with Gasteiger partial charge >= 0.3 is 12.0 Å². The number of aromatic nitrogens is 3. The summed E-state index contributed by atoms with van der Waals surface area (Å²) in [5.74, 6) is 0.200. The molecule has 2 amide bonds. The van der Waals surface area contributed by atoms with Gasteiger partial charge in [-0.3, -0.25) is 10.1 Å². The van der Waals surface area contributed by atoms with E-state index in [9.17, 15) is 9.59 Å². The standard InChI is InChI=1S/C14H17N5O3/c1-10-4-7-15-12(9-10)19-11(5-8-17-19)18-14(22)16-6-2-3-13(20)21/h4-5,7-9H,2-3,6H2,1H3,(H,20,21)(H2,16,18,22). The maximum Gasteiger partial charge on any atom is 0.320 e. The molecule has 2 aromatic rings. The molecule has 2 rings (SSSR count). The van der Waals surface area contributed by atoms with Crippen molar-refractivity contribution in [2.75, 3.05) is 11.9 Å². The first-order valence-electron chi connectivity index (χ1n) is 6.80. The molecule has 0 fully saturated rings. The monoisotopic (exact) mass is 303 g/mol. The summed E-state index contributed by atoms with van der Waals surface area (Å²) in [7, 11) is 0. The number of nitrogens with zero attached hydrogens (tertiary/aromatic N) is 3. The Morgan fingerprint density at radius 3 is 2.86 bits per heavy atom. The first-order valence-corrected chi connectivity index (χ1v) is 6.80. The molecule has 2 aromatic heterocycles. The van der Waals surface area contributed by atoms with Crippen LogP contribution in [0.1, 0.15) is 18.4 Å². The highest BCUT2D eigenvalue weighted by atomic mass is 16.4. The van der Waals surface area contributed by atoms with Crippen LogP contribution in [0.4, 0.5) is 10.6 Å². The molecule has 0 atom stereocenters. The molecule has 8 nitrogen and oxygen atoms in total. The van der Waals surface area contributed by atoms with Crippen molar-refractivity contribution in [2.45, 2.75) is 19.8 Å². The maximum absolute atomic E-state index is 11.8. The molecule has 0 saturated heterocycles. The largest absolute Gasteiger partial charge is 0.481 e. The van der Waals surface area contributed by atoms with E-state index < -0.39 is 12.0 Å². The van der Waals surface area contributed by atoms with Crippen molar-refractivity contribution in [3.8, 4) is 5.82 Å². The number of amides is 2. The predicted molar refractivity (Wildman–Crippen MR) is 80.0 cm³/mol. The van der Waals surface area contributed by atoms with Crippen LogP contribution < -0.4 is 10.6 Å². The van der Waals surface area contributed by atoms with E-state index in [-0.39, 0.29) is 13.0 Å². The summed E-state index contributed by atoms with van der Waals surface area (Å²) in [5.41, 5.74) is 1.03. The number of aliphatic carboxylic acids is 1. The van der Waals surface area contributed by atoms with E-state index in [1.807, 2.05) is 19.1 Å². The average Bonchev–Trinajstić information content (AvgIpc) is 2.91. The molecule has 0 saturated carbocycles. The zero-order chi connectivity index (χ0) is 15.9. The number of urea groups is 1. The van der Waals surface area contributed by atoms with E-state index in [4.69, 9.17) is 5.11 Å². The van der Waals surface area contributed by atoms with Gasteiger partial charge in [-0.05, 0) is 31.0 Å². The van der Waals surface area contributed by atoms with E-state index in [1.54, 1.807) is 18.5 Å². The minimum absolute atomic E-state index is 0.0193. The van der Waals surface area contributed by atoms with Crippen molar-refractivity contribution < 1.29 is 14.7 Å². The number of anilines is 1. The van der Waals surface area contributed by atoms with Crippen LogP contribution in [0.25, 0.3) is 5.82 Å². The Balaban J connectivity index is 1.95. The molecule has 0 aliphatic heterocycles. The minimum Gasteiger partial charge on any atom is -0.481 e. The van der Waals surface area contributed by atoms with Gasteiger partial charge in [0.25, 0.3) is 0 Å². The average molecular weight is 303 g/mol. The van der Waals surface area contributed by atoms with Crippen LogP contribution in [0.2, 0.25) is 0 Å². The van der Waals surface area contributed by atoms with Gasteiger partial charge in [0, 0.05) is 25.2 Å². The van der Waals surface area contributed by atoms with Crippen LogP contribution in [-0.2, 0) is 4.79 Å². The zero-order valence-electron chi connectivity index (χ0n) is 12.1. The fourth-order valence-corrected chi connectivity index (χ4v) is 1.82. The van der Waals surface area contributed by atoms with Crippen LogP contribution in [-0.4, -0.2) is 38.4 Å². The molecule has 0 aromatic carbocycles. The van der Waals surface area contributed by atoms with Crippen molar-refractivity contribution in [2.24, 2.45) is 0 Å². The topological polar surface area (TPSA) is 109 Å². The second-order valence-electron chi connectivity index (χ2n) is 4.70. The third-order valence-electron chi connectivity index (χ3n) is 2.86. The van der Waals surface area contributed by atoms with Gasteiger partial charge in [0.2, 0.25) is 0 Å². The molecule has 2 heterocycles. The number of carboxylic acid groups (broad SMARTS) is 1. The number of carbonyl (C=O) groups is 2. The number of hydrogen-bond donors (Lipinski definition) is 3. The van der Waals surface area contributed by atoms with E-state index in [2.05, 4.69) is 20.7 Å². The van der Waals surface area contributed by atoms with Gasteiger partial charge in [-0.25, -0.2) is 9.78 Å². The molecule has 0 aliphatic carbocycles. The molecular weight excluding hydrogens is 286 g/mol. The van der Waals surface area contributed by atoms with Gasteiger partial charge in [-0.1, -0.05) is 0 Å². The summed E-state index contributed by atoms with van der Waals surface area (Å²) in [5, 5.41) is 17.9. The van der Waals surface area contributed by atoms with Crippen molar-refractivity contribution in [1.82, 2.24) is 20.1 Å². The number of rotatable bonds is 6. The Hall–Kier alpha value is -2.90. The van der Waals surface area contributed by atoms with Gasteiger partial charge in [0.05, 0.1) is 6.20 Å². The molecule has 3 N–H and O–H groups in total. The lowest BCUT2D eigenvalue weighted by atomic mass is 10.3. The van der Waals surface area contributed by atoms with Crippen LogP contribution in [0, 0.1) is 6.92 Å². The second kappa shape index (κ2) is 7.21. The fourth-order valence-electron chi connectivity index (χ4n) is 1.82. The number of pyridine rings is 1. The molecule has 0 radical (unpaired) electrons. The lowest BCUT2D eigenvalue weighted by molar-refractivity contribution is -0.137. The first kappa shape index (κ1) is 15.5. The lowest BCUT2D eigenvalue weighted by Gasteiger charge is -2.09. The van der Waals surface area contributed by atoms with Crippen molar-refractivity contribution in [3.63, 3.8) is 0 Å². The number of carbonyl (C=O) groups excluding carboxylic acids is 1. The zero-order valence-corrected chi connectivity index (χ0v) is 12.1. The number of nitrogens with one attached hydrogen (secondary N) is 2. The highest BCUT2D eigenvalue weighted by molar-refractivity contribution is 5.88. The van der Waals surface area contributed by atoms with Gasteiger partial charge in [0.1, 0.15) is 5.82 Å². The van der Waals surface area contributed by atoms with Gasteiger partial charge in [-0.2, -0.15) is 9.78 Å². The molecule has 0 aliphatic rings. The number of hydrogen-bond acceptors (Lipinski definition) is 4. The first-order chi connectivity index (χ1) is 10.6. The fraction of sp³-hybridized carbons (Fsp3) is 0.286. The quantitative estimate of drug-likeness (QED) is 0.702. The molecule has 116 valence electrons. The van der Waals surface area contributed by atoms with Gasteiger partial charge in [0.15, 0.2) is 5.82 Å². The molecule has 0 unspecified atom stereocenters.